The fourth-order valence-electron chi connectivity index (χ4n) is 4.10. The number of carbonyl (C=O) groups is 1. The van der Waals surface area contributed by atoms with Gasteiger partial charge in [-0.1, -0.05) is 87.5 Å². The third-order valence-corrected chi connectivity index (χ3v) is 8.38. The van der Waals surface area contributed by atoms with Crippen molar-refractivity contribution in [2.75, 3.05) is 6.61 Å². The predicted octanol–water partition coefficient (Wildman–Crippen LogP) is 7.94. The average molecular weight is 512 g/mol. The van der Waals surface area contributed by atoms with Gasteiger partial charge in [-0.05, 0) is 66.8 Å². The van der Waals surface area contributed by atoms with Gasteiger partial charge in [-0.15, -0.1) is 0 Å². The summed E-state index contributed by atoms with van der Waals surface area (Å²) in [6, 6.07) is 37.2. The van der Waals surface area contributed by atoms with E-state index in [4.69, 9.17) is 9.47 Å². The van der Waals surface area contributed by atoms with Crippen LogP contribution in [0.2, 0.25) is 0 Å². The first-order valence-electron chi connectivity index (χ1n) is 12.5. The summed E-state index contributed by atoms with van der Waals surface area (Å²) in [6.07, 6.45) is 0. The number of hydrogen-bond acceptors (Lipinski definition) is 3. The Hall–Kier alpha value is -3.50. The molecule has 0 aliphatic rings. The number of ether oxygens (including phenoxy) is 2. The van der Waals surface area contributed by atoms with Crippen LogP contribution in [0.4, 0.5) is 0 Å². The van der Waals surface area contributed by atoms with Gasteiger partial charge in [-0.2, -0.15) is 0 Å². The molecule has 3 nitrogen and oxygen atoms in total. The summed E-state index contributed by atoms with van der Waals surface area (Å²) < 4.78 is 11.7. The molecule has 0 unspecified atom stereocenters. The standard InChI is InChI=1S/C33H35O3S/c1-32(2,3)25-19-21-26(22-20-25)33(4,5)36-31(34)24-35-27-13-12-18-30(23-27)37(28-14-8-6-9-15-28)29-16-10-7-11-17-29/h6-23H,24H2,1-5H3/q+1. The van der Waals surface area contributed by atoms with Crippen molar-refractivity contribution in [1.82, 2.24) is 0 Å². The number of rotatable bonds is 8. The maximum atomic E-state index is 12.7. The third-order valence-electron chi connectivity index (χ3n) is 6.17. The molecule has 0 fully saturated rings. The Balaban J connectivity index is 1.46. The van der Waals surface area contributed by atoms with Crippen LogP contribution < -0.4 is 4.74 Å². The van der Waals surface area contributed by atoms with Crippen LogP contribution in [0.3, 0.4) is 0 Å². The smallest absolute Gasteiger partial charge is 0.345 e. The SMILES string of the molecule is CC(C)(C)c1ccc(C(C)(C)OC(=O)COc2cccc([S+](c3ccccc3)c3ccccc3)c2)cc1. The van der Waals surface area contributed by atoms with Gasteiger partial charge in [0.1, 0.15) is 11.4 Å². The molecule has 0 bridgehead atoms. The molecule has 0 spiro atoms. The van der Waals surface area contributed by atoms with Crippen LogP contribution >= 0.6 is 0 Å². The highest BCUT2D eigenvalue weighted by molar-refractivity contribution is 7.97. The molecule has 0 saturated carbocycles. The molecule has 0 amide bonds. The maximum Gasteiger partial charge on any atom is 0.345 e. The summed E-state index contributed by atoms with van der Waals surface area (Å²) in [5, 5.41) is 0. The first kappa shape index (κ1) is 26.6. The largest absolute Gasteiger partial charge is 0.482 e. The maximum absolute atomic E-state index is 12.7. The highest BCUT2D eigenvalue weighted by Crippen LogP contribution is 2.33. The van der Waals surface area contributed by atoms with E-state index in [1.807, 2.05) is 56.3 Å². The van der Waals surface area contributed by atoms with Crippen molar-refractivity contribution >= 4 is 16.9 Å². The molecule has 0 N–H and O–H groups in total. The molecule has 4 rings (SSSR count). The molecule has 4 heteroatoms. The topological polar surface area (TPSA) is 35.5 Å². The molecule has 0 saturated heterocycles. The Kier molecular flexibility index (Phi) is 8.09. The zero-order chi connectivity index (χ0) is 26.5. The van der Waals surface area contributed by atoms with Gasteiger partial charge in [0.05, 0.1) is 10.9 Å². The fourth-order valence-corrected chi connectivity index (χ4v) is 6.22. The number of benzene rings is 4. The van der Waals surface area contributed by atoms with Crippen molar-refractivity contribution in [3.8, 4) is 5.75 Å². The lowest BCUT2D eigenvalue weighted by Crippen LogP contribution is -2.28. The monoisotopic (exact) mass is 511 g/mol. The van der Waals surface area contributed by atoms with Crippen molar-refractivity contribution in [2.24, 2.45) is 0 Å². The minimum atomic E-state index is -0.758. The zero-order valence-electron chi connectivity index (χ0n) is 22.2. The van der Waals surface area contributed by atoms with E-state index >= 15 is 0 Å². The molecule has 4 aromatic carbocycles. The number of hydrogen-bond donors (Lipinski definition) is 0. The Bertz CT molecular complexity index is 1270. The molecule has 37 heavy (non-hydrogen) atoms. The van der Waals surface area contributed by atoms with E-state index in [2.05, 4.69) is 87.5 Å². The third kappa shape index (κ3) is 6.84. The van der Waals surface area contributed by atoms with Crippen molar-refractivity contribution < 1.29 is 14.3 Å². The van der Waals surface area contributed by atoms with E-state index in [0.717, 1.165) is 10.5 Å². The van der Waals surface area contributed by atoms with Crippen molar-refractivity contribution in [3.63, 3.8) is 0 Å². The first-order chi connectivity index (χ1) is 17.6. The second-order valence-electron chi connectivity index (χ2n) is 10.5. The second kappa shape index (κ2) is 11.3. The van der Waals surface area contributed by atoms with Crippen molar-refractivity contribution in [2.45, 2.75) is 60.3 Å². The quantitative estimate of drug-likeness (QED) is 0.178. The molecule has 0 aromatic heterocycles. The molecular formula is C33H35O3S+. The van der Waals surface area contributed by atoms with E-state index in [1.165, 1.54) is 15.4 Å². The highest BCUT2D eigenvalue weighted by Gasteiger charge is 2.29. The summed E-state index contributed by atoms with van der Waals surface area (Å²) >= 11 is 0. The minimum Gasteiger partial charge on any atom is -0.482 e. The van der Waals surface area contributed by atoms with E-state index in [1.54, 1.807) is 0 Å². The van der Waals surface area contributed by atoms with Gasteiger partial charge in [-0.25, -0.2) is 4.79 Å². The van der Waals surface area contributed by atoms with Gasteiger partial charge in [-0.3, -0.25) is 0 Å². The molecule has 0 atom stereocenters. The van der Waals surface area contributed by atoms with Gasteiger partial charge in [0.2, 0.25) is 0 Å². The van der Waals surface area contributed by atoms with Crippen LogP contribution in [0.5, 0.6) is 5.75 Å². The van der Waals surface area contributed by atoms with E-state index in [-0.39, 0.29) is 22.9 Å². The van der Waals surface area contributed by atoms with Gasteiger partial charge < -0.3 is 9.47 Å². The summed E-state index contributed by atoms with van der Waals surface area (Å²) in [5.41, 5.74) is 1.51. The van der Waals surface area contributed by atoms with Gasteiger partial charge in [0.15, 0.2) is 21.3 Å². The lowest BCUT2D eigenvalue weighted by Gasteiger charge is -2.27. The van der Waals surface area contributed by atoms with Crippen LogP contribution in [0.15, 0.2) is 124 Å². The van der Waals surface area contributed by atoms with E-state index in [9.17, 15) is 4.79 Å². The summed E-state index contributed by atoms with van der Waals surface area (Å²) in [7, 11) is -0.285. The zero-order valence-corrected chi connectivity index (χ0v) is 23.0. The summed E-state index contributed by atoms with van der Waals surface area (Å²) in [5.74, 6) is 0.242. The van der Waals surface area contributed by atoms with Crippen molar-refractivity contribution in [3.05, 3.63) is 120 Å². The van der Waals surface area contributed by atoms with Crippen LogP contribution in [-0.4, -0.2) is 12.6 Å². The lowest BCUT2D eigenvalue weighted by atomic mass is 9.85. The highest BCUT2D eigenvalue weighted by atomic mass is 32.2. The minimum absolute atomic E-state index is 0.0718. The van der Waals surface area contributed by atoms with Gasteiger partial charge >= 0.3 is 5.97 Å². The van der Waals surface area contributed by atoms with Gasteiger partial charge in [0, 0.05) is 6.07 Å². The Morgan fingerprint density at radius 2 is 1.16 bits per heavy atom. The number of esters is 1. The molecule has 0 aliphatic carbocycles. The van der Waals surface area contributed by atoms with Crippen LogP contribution in [0.25, 0.3) is 0 Å². The lowest BCUT2D eigenvalue weighted by molar-refractivity contribution is -0.159. The molecule has 190 valence electrons. The molecule has 0 heterocycles. The fraction of sp³-hybridized carbons (Fsp3) is 0.242. The first-order valence-corrected chi connectivity index (χ1v) is 13.8. The van der Waals surface area contributed by atoms with Gasteiger partial charge in [0.25, 0.3) is 0 Å². The predicted molar refractivity (Wildman–Crippen MR) is 151 cm³/mol. The summed E-state index contributed by atoms with van der Waals surface area (Å²) in [4.78, 5) is 16.3. The van der Waals surface area contributed by atoms with Crippen LogP contribution in [0.1, 0.15) is 45.7 Å². The Labute approximate surface area is 223 Å². The average Bonchev–Trinajstić information content (AvgIpc) is 2.89. The van der Waals surface area contributed by atoms with Crippen LogP contribution in [0, 0.1) is 0 Å². The Morgan fingerprint density at radius 1 is 0.649 bits per heavy atom. The molecule has 0 radical (unpaired) electrons. The molecule has 4 aromatic rings. The van der Waals surface area contributed by atoms with E-state index < -0.39 is 11.6 Å². The Morgan fingerprint density at radius 3 is 1.70 bits per heavy atom. The van der Waals surface area contributed by atoms with Crippen molar-refractivity contribution in [1.29, 1.82) is 0 Å². The van der Waals surface area contributed by atoms with Crippen LogP contribution in [-0.2, 0) is 31.4 Å². The second-order valence-corrected chi connectivity index (χ2v) is 12.5. The molecule has 0 aliphatic heterocycles. The normalized spacial score (nSPS) is 11.8. The number of carbonyl (C=O) groups excluding carboxylic acids is 1. The molecular weight excluding hydrogens is 476 g/mol. The summed E-state index contributed by atoms with van der Waals surface area (Å²) in [6.45, 7) is 10.2. The van der Waals surface area contributed by atoms with E-state index in [0.29, 0.717) is 5.75 Å².